The number of non-ortho nitro benzene ring substituents is 1. The molecule has 0 amide bonds. The van der Waals surface area contributed by atoms with Crippen molar-refractivity contribution in [2.75, 3.05) is 7.11 Å². The molecule has 3 heterocycles. The number of ether oxygens (including phenoxy) is 2. The van der Waals surface area contributed by atoms with Crippen molar-refractivity contribution in [1.29, 1.82) is 0 Å². The highest BCUT2D eigenvalue weighted by Crippen LogP contribution is 2.37. The minimum absolute atomic E-state index is 0.0409. The number of fused-ring (bicyclic) bond motifs is 1. The Morgan fingerprint density at radius 3 is 2.68 bits per heavy atom. The van der Waals surface area contributed by atoms with Crippen LogP contribution in [0.3, 0.4) is 0 Å². The number of nitro benzene ring substituents is 1. The van der Waals surface area contributed by atoms with E-state index in [0.29, 0.717) is 37.7 Å². The predicted molar refractivity (Wildman–Crippen MR) is 158 cm³/mol. The summed E-state index contributed by atoms with van der Waals surface area (Å²) in [6, 6.07) is 14.4. The summed E-state index contributed by atoms with van der Waals surface area (Å²) in [5, 5.41) is 11.3. The van der Waals surface area contributed by atoms with Crippen LogP contribution in [0.4, 0.5) is 5.69 Å². The number of thiazole rings is 1. The monoisotopic (exact) mass is 636 g/mol. The van der Waals surface area contributed by atoms with Crippen molar-refractivity contribution < 1.29 is 19.2 Å². The van der Waals surface area contributed by atoms with Gasteiger partial charge in [-0.2, -0.15) is 0 Å². The maximum atomic E-state index is 14.1. The highest BCUT2D eigenvalue weighted by Gasteiger charge is 2.35. The van der Waals surface area contributed by atoms with Crippen LogP contribution < -0.4 is 19.6 Å². The summed E-state index contributed by atoms with van der Waals surface area (Å²) >= 11 is 4.69. The number of nitrogens with zero attached hydrogens (tertiary/aromatic N) is 4. The summed E-state index contributed by atoms with van der Waals surface area (Å²) < 4.78 is 15.6. The maximum Gasteiger partial charge on any atom is 0.338 e. The van der Waals surface area contributed by atoms with Gasteiger partial charge in [-0.25, -0.2) is 9.79 Å². The molecule has 0 fully saturated rings. The fourth-order valence-electron chi connectivity index (χ4n) is 4.71. The lowest BCUT2D eigenvalue weighted by atomic mass is 9.95. The molecule has 0 radical (unpaired) electrons. The summed E-state index contributed by atoms with van der Waals surface area (Å²) in [5.41, 5.74) is 2.11. The van der Waals surface area contributed by atoms with E-state index in [4.69, 9.17) is 9.47 Å². The van der Waals surface area contributed by atoms with Gasteiger partial charge in [-0.15, -0.1) is 0 Å². The molecule has 210 valence electrons. The first kappa shape index (κ1) is 28.2. The molecule has 10 nitrogen and oxygen atoms in total. The van der Waals surface area contributed by atoms with Crippen molar-refractivity contribution >= 4 is 45.0 Å². The number of carbonyl (C=O) groups excluding carboxylic acids is 1. The Hall–Kier alpha value is -4.29. The Bertz CT molecular complexity index is 1900. The van der Waals surface area contributed by atoms with Crippen LogP contribution >= 0.6 is 27.3 Å². The number of rotatable bonds is 7. The molecule has 0 saturated carbocycles. The van der Waals surface area contributed by atoms with Crippen LogP contribution in [0.1, 0.15) is 38.1 Å². The van der Waals surface area contributed by atoms with Gasteiger partial charge in [0.2, 0.25) is 0 Å². The quantitative estimate of drug-likeness (QED) is 0.165. The Kier molecular flexibility index (Phi) is 7.78. The van der Waals surface area contributed by atoms with Gasteiger partial charge in [-0.1, -0.05) is 33.3 Å². The molecule has 4 aromatic rings. The zero-order valence-corrected chi connectivity index (χ0v) is 24.9. The second-order valence-electron chi connectivity index (χ2n) is 9.50. The van der Waals surface area contributed by atoms with Gasteiger partial charge in [-0.3, -0.25) is 19.5 Å². The van der Waals surface area contributed by atoms with Crippen molar-refractivity contribution in [3.8, 4) is 11.4 Å². The van der Waals surface area contributed by atoms with Crippen LogP contribution in [0, 0.1) is 10.1 Å². The zero-order valence-electron chi connectivity index (χ0n) is 22.5. The van der Waals surface area contributed by atoms with Crippen molar-refractivity contribution in [3.63, 3.8) is 0 Å². The number of carbonyl (C=O) groups is 1. The van der Waals surface area contributed by atoms with E-state index in [1.165, 1.54) is 35.1 Å². The van der Waals surface area contributed by atoms with E-state index in [9.17, 15) is 19.7 Å². The van der Waals surface area contributed by atoms with Gasteiger partial charge in [-0.05, 0) is 63.2 Å². The summed E-state index contributed by atoms with van der Waals surface area (Å²) in [6.45, 7) is 5.24. The smallest absolute Gasteiger partial charge is 0.338 e. The molecule has 12 heteroatoms. The van der Waals surface area contributed by atoms with Crippen LogP contribution in [0.25, 0.3) is 11.8 Å². The molecule has 0 N–H and O–H groups in total. The number of halogens is 1. The average molecular weight is 638 g/mol. The highest BCUT2D eigenvalue weighted by molar-refractivity contribution is 9.10. The zero-order chi connectivity index (χ0) is 29.4. The van der Waals surface area contributed by atoms with Crippen LogP contribution in [-0.4, -0.2) is 33.2 Å². The van der Waals surface area contributed by atoms with Gasteiger partial charge < -0.3 is 14.0 Å². The molecule has 0 saturated heterocycles. The van der Waals surface area contributed by atoms with Gasteiger partial charge in [0.15, 0.2) is 4.80 Å². The van der Waals surface area contributed by atoms with E-state index in [1.54, 1.807) is 61.9 Å². The molecule has 0 spiro atoms. The third kappa shape index (κ3) is 5.40. The van der Waals surface area contributed by atoms with Crippen LogP contribution in [-0.2, 0) is 9.53 Å². The summed E-state index contributed by atoms with van der Waals surface area (Å²) in [4.78, 5) is 43.4. The van der Waals surface area contributed by atoms with Gasteiger partial charge in [0.25, 0.3) is 11.2 Å². The number of hydrogen-bond acceptors (Lipinski definition) is 8. The Morgan fingerprint density at radius 2 is 1.98 bits per heavy atom. The molecule has 2 aromatic heterocycles. The molecule has 0 unspecified atom stereocenters. The number of benzene rings is 2. The van der Waals surface area contributed by atoms with E-state index in [0.717, 1.165) is 4.47 Å². The third-order valence-corrected chi connectivity index (χ3v) is 7.92. The SMILES string of the molecule is COc1ccc(Br)cc1[C@H]1C(C(=O)OC(C)C)=C(C)N=c2s/c(=C\c3cccn3-c3cccc([N+](=O)[O-])c3)c(=O)n21. The lowest BCUT2D eigenvalue weighted by Gasteiger charge is -2.26. The van der Waals surface area contributed by atoms with E-state index in [2.05, 4.69) is 20.9 Å². The van der Waals surface area contributed by atoms with Gasteiger partial charge in [0.1, 0.15) is 11.8 Å². The van der Waals surface area contributed by atoms with Gasteiger partial charge in [0, 0.05) is 34.1 Å². The molecule has 41 heavy (non-hydrogen) atoms. The van der Waals surface area contributed by atoms with Crippen molar-refractivity contribution in [1.82, 2.24) is 9.13 Å². The first-order chi connectivity index (χ1) is 19.6. The highest BCUT2D eigenvalue weighted by atomic mass is 79.9. The predicted octanol–water partition coefficient (Wildman–Crippen LogP) is 4.66. The first-order valence-electron chi connectivity index (χ1n) is 12.6. The normalized spacial score (nSPS) is 15.1. The molecule has 0 bridgehead atoms. The van der Waals surface area contributed by atoms with E-state index in [1.807, 2.05) is 18.2 Å². The molecule has 2 aromatic carbocycles. The lowest BCUT2D eigenvalue weighted by molar-refractivity contribution is -0.384. The topological polar surface area (TPSA) is 118 Å². The van der Waals surface area contributed by atoms with Gasteiger partial charge >= 0.3 is 5.97 Å². The Morgan fingerprint density at radius 1 is 1.20 bits per heavy atom. The molecular weight excluding hydrogens is 612 g/mol. The van der Waals surface area contributed by atoms with E-state index >= 15 is 0 Å². The van der Waals surface area contributed by atoms with E-state index in [-0.39, 0.29) is 22.9 Å². The minimum atomic E-state index is -0.851. The van der Waals surface area contributed by atoms with Crippen LogP contribution in [0.15, 0.2) is 86.3 Å². The van der Waals surface area contributed by atoms with E-state index < -0.39 is 16.9 Å². The maximum absolute atomic E-state index is 14.1. The van der Waals surface area contributed by atoms with Crippen molar-refractivity contribution in [2.45, 2.75) is 32.9 Å². The lowest BCUT2D eigenvalue weighted by Crippen LogP contribution is -2.40. The summed E-state index contributed by atoms with van der Waals surface area (Å²) in [6.07, 6.45) is 3.10. The van der Waals surface area contributed by atoms with Crippen molar-refractivity contribution in [3.05, 3.63) is 118 Å². The second-order valence-corrected chi connectivity index (χ2v) is 11.4. The Balaban J connectivity index is 1.72. The Labute approximate surface area is 246 Å². The average Bonchev–Trinajstić information content (AvgIpc) is 3.51. The van der Waals surface area contributed by atoms with Crippen LogP contribution in [0.5, 0.6) is 5.75 Å². The number of esters is 1. The van der Waals surface area contributed by atoms with Gasteiger partial charge in [0.05, 0.1) is 39.6 Å². The molecule has 0 aliphatic carbocycles. The van der Waals surface area contributed by atoms with Crippen molar-refractivity contribution in [2.24, 2.45) is 4.99 Å². The fraction of sp³-hybridized carbons (Fsp3) is 0.207. The fourth-order valence-corrected chi connectivity index (χ4v) is 6.12. The number of hydrogen-bond donors (Lipinski definition) is 0. The molecule has 1 aliphatic heterocycles. The minimum Gasteiger partial charge on any atom is -0.496 e. The number of methoxy groups -OCH3 is 1. The molecule has 1 aliphatic rings. The number of allylic oxidation sites excluding steroid dienone is 1. The summed E-state index contributed by atoms with van der Waals surface area (Å²) in [5.74, 6) is -0.0704. The van der Waals surface area contributed by atoms with Crippen LogP contribution in [0.2, 0.25) is 0 Å². The first-order valence-corrected chi connectivity index (χ1v) is 14.2. The second kappa shape index (κ2) is 11.3. The summed E-state index contributed by atoms with van der Waals surface area (Å²) in [7, 11) is 1.53. The number of nitro groups is 1. The third-order valence-electron chi connectivity index (χ3n) is 6.45. The number of aromatic nitrogens is 2. The molecule has 5 rings (SSSR count). The standard InChI is InChI=1S/C29H25BrN4O6S/c1-16(2)40-28(36)25-17(3)31-29-33(26(25)22-13-18(30)10-11-23(22)39-4)27(35)24(41-29)15-20-9-6-12-32(20)19-7-5-8-21(14-19)34(37)38/h5-16,26H,1-4H3/b24-15-/t26-/m0/s1. The molecule has 1 atom stereocenters. The largest absolute Gasteiger partial charge is 0.496 e. The molecular formula is C29H25BrN4O6S.